The van der Waals surface area contributed by atoms with E-state index < -0.39 is 7.12 Å². The van der Waals surface area contributed by atoms with Gasteiger partial charge in [-0.3, -0.25) is 0 Å². The quantitative estimate of drug-likeness (QED) is 0.673. The second-order valence-electron chi connectivity index (χ2n) is 5.56. The van der Waals surface area contributed by atoms with Crippen molar-refractivity contribution < 1.29 is 9.31 Å². The first kappa shape index (κ1) is 14.0. The summed E-state index contributed by atoms with van der Waals surface area (Å²) in [6, 6.07) is 3.76. The van der Waals surface area contributed by atoms with Crippen molar-refractivity contribution in [2.24, 2.45) is 5.73 Å². The number of nitrogens with zero attached hydrogens (tertiary/aromatic N) is 1. The van der Waals surface area contributed by atoms with E-state index in [0.29, 0.717) is 0 Å². The lowest BCUT2D eigenvalue weighted by Crippen LogP contribution is -2.41. The van der Waals surface area contributed by atoms with Gasteiger partial charge in [0.1, 0.15) is 4.60 Å². The summed E-state index contributed by atoms with van der Waals surface area (Å²) in [4.78, 5) is 4.09. The molecule has 2 rings (SSSR count). The van der Waals surface area contributed by atoms with E-state index in [1.807, 2.05) is 39.8 Å². The first-order valence-corrected chi connectivity index (χ1v) is 6.75. The summed E-state index contributed by atoms with van der Waals surface area (Å²) in [5, 5.41) is 0. The van der Waals surface area contributed by atoms with Gasteiger partial charge in [0, 0.05) is 6.20 Å². The molecule has 1 saturated heterocycles. The summed E-state index contributed by atoms with van der Waals surface area (Å²) >= 11 is 3.34. The van der Waals surface area contributed by atoms with Crippen LogP contribution in [0.5, 0.6) is 0 Å². The van der Waals surface area contributed by atoms with E-state index in [1.165, 1.54) is 0 Å². The van der Waals surface area contributed by atoms with Gasteiger partial charge in [-0.05, 0) is 61.3 Å². The van der Waals surface area contributed by atoms with E-state index in [4.69, 9.17) is 15.0 Å². The van der Waals surface area contributed by atoms with Crippen LogP contribution in [0.3, 0.4) is 0 Å². The predicted octanol–water partition coefficient (Wildman–Crippen LogP) is 2.48. The molecular formula is C12H18BBrN2O2. The van der Waals surface area contributed by atoms with Gasteiger partial charge >= 0.3 is 7.12 Å². The van der Waals surface area contributed by atoms with Crippen molar-refractivity contribution in [1.29, 1.82) is 0 Å². The van der Waals surface area contributed by atoms with Crippen molar-refractivity contribution in [3.8, 4) is 0 Å². The third-order valence-corrected chi connectivity index (χ3v) is 4.13. The minimum absolute atomic E-state index is 0.328. The van der Waals surface area contributed by atoms with Gasteiger partial charge in [0.05, 0.1) is 17.1 Å². The fourth-order valence-corrected chi connectivity index (χ4v) is 2.20. The number of hydrogen-bond acceptors (Lipinski definition) is 4. The molecule has 6 heteroatoms. The van der Waals surface area contributed by atoms with Crippen LogP contribution in [0.15, 0.2) is 22.9 Å². The van der Waals surface area contributed by atoms with E-state index in [0.717, 1.165) is 10.2 Å². The van der Waals surface area contributed by atoms with Crippen molar-refractivity contribution in [3.63, 3.8) is 0 Å². The first-order chi connectivity index (χ1) is 8.23. The molecule has 1 fully saturated rings. The van der Waals surface area contributed by atoms with Crippen LogP contribution in [0.25, 0.3) is 0 Å². The molecule has 0 saturated carbocycles. The van der Waals surface area contributed by atoms with Crippen molar-refractivity contribution in [2.45, 2.75) is 44.8 Å². The molecule has 2 N–H and O–H groups in total. The molecule has 0 aromatic carbocycles. The van der Waals surface area contributed by atoms with E-state index in [-0.39, 0.29) is 17.1 Å². The van der Waals surface area contributed by atoms with Crippen molar-refractivity contribution in [1.82, 2.24) is 4.98 Å². The van der Waals surface area contributed by atoms with E-state index in [9.17, 15) is 0 Å². The minimum Gasteiger partial charge on any atom is -0.402 e. The predicted molar refractivity (Wildman–Crippen MR) is 74.9 cm³/mol. The Kier molecular flexibility index (Phi) is 3.57. The summed E-state index contributed by atoms with van der Waals surface area (Å²) in [7, 11) is -0.440. The molecule has 1 aliphatic rings. The van der Waals surface area contributed by atoms with Crippen molar-refractivity contribution >= 4 is 23.0 Å². The SMILES string of the molecule is CC1(C)OB([C@@H](N)c2ccnc(Br)c2)OC1(C)C. The molecule has 98 valence electrons. The van der Waals surface area contributed by atoms with Gasteiger partial charge in [-0.15, -0.1) is 0 Å². The third-order valence-electron chi connectivity index (χ3n) is 3.70. The lowest BCUT2D eigenvalue weighted by atomic mass is 9.75. The molecule has 0 bridgehead atoms. The summed E-state index contributed by atoms with van der Waals surface area (Å²) in [5.41, 5.74) is 6.43. The Hall–Kier alpha value is -0.425. The molecular weight excluding hydrogens is 295 g/mol. The zero-order valence-corrected chi connectivity index (χ0v) is 12.7. The molecule has 0 radical (unpaired) electrons. The normalized spacial score (nSPS) is 23.1. The molecule has 1 aromatic heterocycles. The van der Waals surface area contributed by atoms with Crippen LogP contribution >= 0.6 is 15.9 Å². The Morgan fingerprint density at radius 2 is 1.83 bits per heavy atom. The number of nitrogens with two attached hydrogens (primary N) is 1. The van der Waals surface area contributed by atoms with Crippen molar-refractivity contribution in [2.75, 3.05) is 0 Å². The number of aromatic nitrogens is 1. The average molecular weight is 313 g/mol. The smallest absolute Gasteiger partial charge is 0.402 e. The second kappa shape index (κ2) is 4.60. The monoisotopic (exact) mass is 312 g/mol. The van der Waals surface area contributed by atoms with Gasteiger partial charge in [-0.1, -0.05) is 0 Å². The summed E-state index contributed by atoms with van der Waals surface area (Å²) < 4.78 is 12.6. The molecule has 0 unspecified atom stereocenters. The highest BCUT2D eigenvalue weighted by molar-refractivity contribution is 9.10. The average Bonchev–Trinajstić information content (AvgIpc) is 2.47. The Morgan fingerprint density at radius 3 is 2.33 bits per heavy atom. The maximum atomic E-state index is 6.21. The van der Waals surface area contributed by atoms with Crippen LogP contribution in [-0.4, -0.2) is 23.3 Å². The van der Waals surface area contributed by atoms with E-state index in [1.54, 1.807) is 6.20 Å². The van der Waals surface area contributed by atoms with Gasteiger partial charge < -0.3 is 15.0 Å². The summed E-state index contributed by atoms with van der Waals surface area (Å²) in [6.45, 7) is 8.06. The van der Waals surface area contributed by atoms with Crippen LogP contribution in [0, 0.1) is 0 Å². The number of halogens is 1. The molecule has 2 heterocycles. The third kappa shape index (κ3) is 2.47. The van der Waals surface area contributed by atoms with Crippen LogP contribution < -0.4 is 5.73 Å². The van der Waals surface area contributed by atoms with E-state index in [2.05, 4.69) is 20.9 Å². The highest BCUT2D eigenvalue weighted by atomic mass is 79.9. The number of rotatable bonds is 2. The van der Waals surface area contributed by atoms with Crippen LogP contribution in [-0.2, 0) is 9.31 Å². The van der Waals surface area contributed by atoms with Crippen molar-refractivity contribution in [3.05, 3.63) is 28.5 Å². The number of hydrogen-bond donors (Lipinski definition) is 1. The molecule has 1 aliphatic heterocycles. The fourth-order valence-electron chi connectivity index (χ4n) is 1.82. The van der Waals surface area contributed by atoms with Crippen LogP contribution in [0.4, 0.5) is 0 Å². The molecule has 4 nitrogen and oxygen atoms in total. The highest BCUT2D eigenvalue weighted by Crippen LogP contribution is 2.39. The largest absolute Gasteiger partial charge is 0.480 e. The Bertz CT molecular complexity index is 437. The van der Waals surface area contributed by atoms with Gasteiger partial charge in [0.25, 0.3) is 0 Å². The Labute approximate surface area is 117 Å². The highest BCUT2D eigenvalue weighted by Gasteiger charge is 2.53. The summed E-state index contributed by atoms with van der Waals surface area (Å²) in [5.74, 6) is -0.328. The lowest BCUT2D eigenvalue weighted by Gasteiger charge is -2.32. The van der Waals surface area contributed by atoms with Gasteiger partial charge in [0.2, 0.25) is 0 Å². The van der Waals surface area contributed by atoms with Gasteiger partial charge in [-0.25, -0.2) is 4.98 Å². The molecule has 1 aromatic rings. The zero-order chi connectivity index (χ0) is 13.6. The Balaban J connectivity index is 2.20. The summed E-state index contributed by atoms with van der Waals surface area (Å²) in [6.07, 6.45) is 1.71. The Morgan fingerprint density at radius 1 is 1.28 bits per heavy atom. The zero-order valence-electron chi connectivity index (χ0n) is 11.1. The van der Waals surface area contributed by atoms with Gasteiger partial charge in [-0.2, -0.15) is 0 Å². The number of pyridine rings is 1. The first-order valence-electron chi connectivity index (χ1n) is 5.96. The molecule has 0 amide bonds. The molecule has 0 aliphatic carbocycles. The minimum atomic E-state index is -0.440. The molecule has 1 atom stereocenters. The molecule has 18 heavy (non-hydrogen) atoms. The second-order valence-corrected chi connectivity index (χ2v) is 6.37. The topological polar surface area (TPSA) is 57.4 Å². The molecule has 0 spiro atoms. The van der Waals surface area contributed by atoms with Gasteiger partial charge in [0.15, 0.2) is 0 Å². The maximum absolute atomic E-state index is 6.21. The lowest BCUT2D eigenvalue weighted by molar-refractivity contribution is 0.00578. The van der Waals surface area contributed by atoms with Crippen LogP contribution in [0.2, 0.25) is 0 Å². The standard InChI is InChI=1S/C12H18BBrN2O2/c1-11(2)12(3,4)18-13(17-11)10(15)8-5-6-16-9(14)7-8/h5-7,10H,15H2,1-4H3/t10-/m0/s1. The van der Waals surface area contributed by atoms with E-state index >= 15 is 0 Å². The fraction of sp³-hybridized carbons (Fsp3) is 0.583. The maximum Gasteiger partial charge on any atom is 0.480 e. The van der Waals surface area contributed by atoms with Crippen LogP contribution in [0.1, 0.15) is 39.2 Å².